The molecule has 21 rings (SSSR count). The summed E-state index contributed by atoms with van der Waals surface area (Å²) in [5.41, 5.74) is 11.1. The van der Waals surface area contributed by atoms with Crippen LogP contribution in [-0.2, 0) is 84.7 Å². The van der Waals surface area contributed by atoms with Crippen molar-refractivity contribution >= 4 is 83.1 Å². The normalized spacial score (nSPS) is 20.4. The van der Waals surface area contributed by atoms with Crippen LogP contribution in [0.1, 0.15) is 204 Å². The second-order valence-electron chi connectivity index (χ2n) is 40.0. The molecule has 11 aliphatic heterocycles. The number of halogens is 5. The van der Waals surface area contributed by atoms with Gasteiger partial charge in [0.25, 0.3) is 0 Å². The molecule has 1 aliphatic carbocycles. The second-order valence-corrected chi connectivity index (χ2v) is 40.4. The summed E-state index contributed by atoms with van der Waals surface area (Å²) in [6.07, 6.45) is 15.4. The number of anilines is 4. The highest BCUT2D eigenvalue weighted by Crippen LogP contribution is 2.49. The molecule has 1 saturated carbocycles. The number of aryl methyl sites for hydroxylation is 1. The van der Waals surface area contributed by atoms with Crippen molar-refractivity contribution in [2.45, 2.75) is 216 Å². The third-order valence-electron chi connectivity index (χ3n) is 29.6. The molecule has 9 aromatic rings. The number of piperidine rings is 4. The minimum atomic E-state index is -1.23. The highest BCUT2D eigenvalue weighted by Gasteiger charge is 2.52. The first kappa shape index (κ1) is 103. The first-order valence-electron chi connectivity index (χ1n) is 48.5. The molecule has 9 fully saturated rings. The average molecular weight is 1970 g/mol. The van der Waals surface area contributed by atoms with Gasteiger partial charge in [0.1, 0.15) is 39.7 Å². The van der Waals surface area contributed by atoms with E-state index in [0.29, 0.717) is 113 Å². The van der Waals surface area contributed by atoms with Gasteiger partial charge in [-0.1, -0.05) is 144 Å². The van der Waals surface area contributed by atoms with Gasteiger partial charge in [0.15, 0.2) is 23.2 Å². The summed E-state index contributed by atoms with van der Waals surface area (Å²) in [7, 11) is 0. The Kier molecular flexibility index (Phi) is 32.7. The fourth-order valence-electron chi connectivity index (χ4n) is 21.4. The Morgan fingerprint density at radius 1 is 0.430 bits per heavy atom. The summed E-state index contributed by atoms with van der Waals surface area (Å²) in [5.74, 6) is -1.55. The van der Waals surface area contributed by atoms with Gasteiger partial charge in [-0.15, -0.1) is 0 Å². The monoisotopic (exact) mass is 1970 g/mol. The van der Waals surface area contributed by atoms with Gasteiger partial charge in [0, 0.05) is 181 Å². The fraction of sp³-hybridized carbons (Fsp3) is 0.454. The van der Waals surface area contributed by atoms with Crippen molar-refractivity contribution in [1.29, 1.82) is 0 Å². The molecule has 1 atom stereocenters. The number of carboxylic acids is 1. The second kappa shape index (κ2) is 45.0. The summed E-state index contributed by atoms with van der Waals surface area (Å²) < 4.78 is 100. The maximum absolute atomic E-state index is 15.0. The smallest absolute Gasteiger partial charge is 0.415 e. The lowest BCUT2D eigenvalue weighted by atomic mass is 9.79. The number of nitrogens with zero attached hydrogens (tertiary/aromatic N) is 10. The number of fused-ring (bicyclic) bond motifs is 3. The molecule has 4 amide bonds. The van der Waals surface area contributed by atoms with Crippen LogP contribution in [0, 0.1) is 30.2 Å². The number of carbonyl (C=O) groups excluding carboxylic acids is 10. The predicted octanol–water partition coefficient (Wildman–Crippen LogP) is 19.6. The van der Waals surface area contributed by atoms with Gasteiger partial charge in [-0.05, 0) is 162 Å². The van der Waals surface area contributed by atoms with E-state index in [1.807, 2.05) is 97.1 Å². The third kappa shape index (κ3) is 23.9. The number of rotatable bonds is 15. The van der Waals surface area contributed by atoms with Crippen LogP contribution in [0.2, 0.25) is 5.02 Å². The quantitative estimate of drug-likeness (QED) is 0.0566. The first-order valence-corrected chi connectivity index (χ1v) is 48.9. The van der Waals surface area contributed by atoms with Gasteiger partial charge in [-0.25, -0.2) is 41.5 Å². The number of carbonyl (C=O) groups is 5. The molecule has 12 heterocycles. The van der Waals surface area contributed by atoms with Crippen LogP contribution in [0.5, 0.6) is 17.2 Å². The number of benzene rings is 8. The molecule has 29 nitrogen and oxygen atoms in total. The summed E-state index contributed by atoms with van der Waals surface area (Å²) in [6, 6.07) is 49.6. The number of ether oxygens (including phenoxy) is 7. The van der Waals surface area contributed by atoms with Crippen molar-refractivity contribution in [3.8, 4) is 28.5 Å². The van der Waals surface area contributed by atoms with Crippen molar-refractivity contribution in [2.24, 2.45) is 0 Å². The molecule has 0 bridgehead atoms. The van der Waals surface area contributed by atoms with E-state index in [0.717, 1.165) is 200 Å². The van der Waals surface area contributed by atoms with Gasteiger partial charge in [-0.2, -0.15) is 33.9 Å². The highest BCUT2D eigenvalue weighted by atomic mass is 35.5. The van der Waals surface area contributed by atoms with E-state index in [-0.39, 0.29) is 81.8 Å². The number of aromatic nitrogens is 2. The lowest BCUT2D eigenvalue weighted by Crippen LogP contribution is -2.46. The van der Waals surface area contributed by atoms with Crippen molar-refractivity contribution in [3.05, 3.63) is 248 Å². The van der Waals surface area contributed by atoms with Gasteiger partial charge in [0.05, 0.1) is 74.5 Å². The number of likely N-dealkylation sites (tertiary alicyclic amines) is 4. The molecule has 0 radical (unpaired) electrons. The number of carboxylic acid groups (broad SMARTS) is 1. The molecule has 142 heavy (non-hydrogen) atoms. The zero-order valence-electron chi connectivity index (χ0n) is 80.7. The largest absolute Gasteiger partial charge is 0.493 e. The van der Waals surface area contributed by atoms with E-state index in [1.54, 1.807) is 43.8 Å². The van der Waals surface area contributed by atoms with Crippen LogP contribution < -0.4 is 33.8 Å². The van der Waals surface area contributed by atoms with Crippen LogP contribution in [0.25, 0.3) is 11.3 Å². The molecule has 8 aromatic carbocycles. The highest BCUT2D eigenvalue weighted by molar-refractivity contribution is 6.32. The molecule has 34 heteroatoms. The van der Waals surface area contributed by atoms with Gasteiger partial charge in [-0.3, -0.25) is 43.9 Å². The molecule has 750 valence electrons. The Morgan fingerprint density at radius 3 is 1.23 bits per heavy atom. The number of amides is 4. The summed E-state index contributed by atoms with van der Waals surface area (Å²) >= 11 is 6.57. The van der Waals surface area contributed by atoms with Gasteiger partial charge in [0.2, 0.25) is 0 Å². The van der Waals surface area contributed by atoms with Crippen LogP contribution in [0.4, 0.5) is 59.5 Å². The first-order chi connectivity index (χ1) is 68.2. The Bertz CT molecular complexity index is 5910. The Balaban J connectivity index is 0.000000140. The van der Waals surface area contributed by atoms with E-state index < -0.39 is 40.7 Å². The number of hydrogen-bond acceptors (Lipinski definition) is 23. The Labute approximate surface area is 827 Å². The predicted molar refractivity (Wildman–Crippen MR) is 516 cm³/mol. The van der Waals surface area contributed by atoms with E-state index in [1.165, 1.54) is 44.8 Å². The maximum atomic E-state index is 15.0. The van der Waals surface area contributed by atoms with Gasteiger partial charge >= 0.3 is 48.8 Å². The van der Waals surface area contributed by atoms with Crippen molar-refractivity contribution < 1.29 is 109 Å². The van der Waals surface area contributed by atoms with Crippen LogP contribution >= 0.6 is 11.6 Å². The Hall–Kier alpha value is -13.1. The van der Waals surface area contributed by atoms with Crippen molar-refractivity contribution in [3.63, 3.8) is 0 Å². The molecule has 4 spiro atoms. The average Bonchev–Trinajstić information content (AvgIpc) is 1.10. The molecule has 1 aromatic heterocycles. The van der Waals surface area contributed by atoms with Crippen molar-refractivity contribution in [1.82, 2.24) is 29.4 Å². The number of aromatic carboxylic acids is 1. The molecule has 8 saturated heterocycles. The number of para-hydroxylation sites is 3. The van der Waals surface area contributed by atoms with E-state index >= 15 is 4.39 Å². The minimum Gasteiger partial charge on any atom is -0.493 e. The molecule has 12 aliphatic rings. The topological polar surface area (TPSA) is 316 Å². The lowest BCUT2D eigenvalue weighted by Gasteiger charge is -2.38. The van der Waals surface area contributed by atoms with Crippen LogP contribution in [-0.4, -0.2) is 204 Å². The standard InChI is InChI=1S/C30H31F3N4O4.C25H29ClN2O3.C25H29FN2O3.C25H30N2O3.3CO2/c31-24-15-26(33)25(32)14-23(24)27-20(16-34-37(27)22-4-2-1-3-5-22)17-35-12-10-30(11-13-35)18-36(29(40)41-30)21-8-6-19(7-9-21)28(38)39;2*1-24(2)10-13-30-22-20(24)14-18(15-21(22)26)16-27-11-8-25(9-12-27)17-28(23(29)31-25)19-6-4-3-5-7-19;1-18-8-13-29-23-19(2)14-20(15-22(18)23)16-26-11-9-25(10-12-26)17-27(24(28)30-25)21-6-4-3-5-7-21;3*2-1-3/h6-9,14-16,22H,1-5,10-13,17-18H2,(H,38,39);2*3-7,14-15H,8-13,16-17H2,1-2H3;3-7,14-15,18H,8-13,16-17H2,1-2H3;;;. The molecule has 1 unspecified atom stereocenters. The lowest BCUT2D eigenvalue weighted by molar-refractivity contribution is -0.193. The van der Waals surface area contributed by atoms with E-state index in [4.69, 9.17) is 78.6 Å². The van der Waals surface area contributed by atoms with Crippen LogP contribution in [0.3, 0.4) is 0 Å². The minimum absolute atomic E-state index is 0.00438. The van der Waals surface area contributed by atoms with Gasteiger partial charge < -0.3 is 38.3 Å². The Morgan fingerprint density at radius 2 is 0.803 bits per heavy atom. The summed E-state index contributed by atoms with van der Waals surface area (Å²) in [5, 5.41) is 14.5. The summed E-state index contributed by atoms with van der Waals surface area (Å²) in [4.78, 5) is 126. The summed E-state index contributed by atoms with van der Waals surface area (Å²) in [6.45, 7) is 27.0. The zero-order valence-corrected chi connectivity index (χ0v) is 81.5. The molecular weight excluding hydrogens is 1850 g/mol. The third-order valence-corrected chi connectivity index (χ3v) is 29.8. The fourth-order valence-corrected chi connectivity index (χ4v) is 21.7. The number of hydrogen-bond donors (Lipinski definition) is 1. The molecular formula is C108H119ClF4N10O19. The van der Waals surface area contributed by atoms with Crippen molar-refractivity contribution in [2.75, 3.05) is 118 Å². The SMILES string of the molecule is CC1(C)CCOc2c(Cl)cc(CN3CCC4(CC3)CN(c3ccccc3)C(=O)O4)cc21.CC1(C)CCOc2c(F)cc(CN3CCC4(CC3)CN(c3ccccc3)C(=O)O4)cc21.Cc1cc(CN2CCC3(CC2)CN(c2ccccc2)C(=O)O3)cc2c1OCCC2C.O=C(O)c1ccc(N2CC3(CCN(Cc4cnn(C5CCCCC5)c4-c4cc(F)c(F)cc4F)CC3)OC2=O)cc1.O=C=O.O=C=O.O=C=O. The zero-order chi connectivity index (χ0) is 101. The van der Waals surface area contributed by atoms with E-state index in [2.05, 4.69) is 90.5 Å². The molecule has 1 N–H and O–H groups in total. The maximum Gasteiger partial charge on any atom is 0.415 e. The van der Waals surface area contributed by atoms with Crippen LogP contribution in [0.15, 0.2) is 170 Å². The van der Waals surface area contributed by atoms with E-state index in [9.17, 15) is 37.1 Å².